The van der Waals surface area contributed by atoms with Gasteiger partial charge in [0.05, 0.1) is 18.2 Å². The summed E-state index contributed by atoms with van der Waals surface area (Å²) >= 11 is 0. The molecule has 2 aromatic carbocycles. The summed E-state index contributed by atoms with van der Waals surface area (Å²) in [6.07, 6.45) is 21.0. The van der Waals surface area contributed by atoms with E-state index in [-0.39, 0.29) is 55.9 Å². The van der Waals surface area contributed by atoms with Crippen molar-refractivity contribution in [3.05, 3.63) is 83.7 Å². The molecule has 5 rings (SSSR count). The van der Waals surface area contributed by atoms with Gasteiger partial charge in [0.1, 0.15) is 35.6 Å². The van der Waals surface area contributed by atoms with Gasteiger partial charge in [-0.25, -0.2) is 4.39 Å². The molecule has 1 heterocycles. The average molecular weight is 875 g/mol. The van der Waals surface area contributed by atoms with Gasteiger partial charge in [0.15, 0.2) is 0 Å². The molecular formula is C53H79FN2O7. The summed E-state index contributed by atoms with van der Waals surface area (Å²) in [4.78, 5) is 23.1. The Labute approximate surface area is 378 Å². The van der Waals surface area contributed by atoms with Crippen molar-refractivity contribution in [2.24, 2.45) is 22.9 Å². The number of hydrogen-bond acceptors (Lipinski definition) is 8. The summed E-state index contributed by atoms with van der Waals surface area (Å²) in [5.41, 5.74) is 2.67. The highest BCUT2D eigenvalue weighted by atomic mass is 19.1. The number of nitrogens with zero attached hydrogens (tertiary/aromatic N) is 2. The molecule has 63 heavy (non-hydrogen) atoms. The second-order valence-corrected chi connectivity index (χ2v) is 19.0. The number of halogens is 1. The van der Waals surface area contributed by atoms with Crippen LogP contribution in [-0.2, 0) is 21.0 Å². The number of benzene rings is 2. The molecule has 0 aromatic heterocycles. The lowest BCUT2D eigenvalue weighted by Gasteiger charge is -2.60. The minimum Gasteiger partial charge on any atom is -0.489 e. The second-order valence-electron chi connectivity index (χ2n) is 19.0. The molecule has 0 bridgehead atoms. The van der Waals surface area contributed by atoms with Crippen LogP contribution in [0.5, 0.6) is 11.5 Å². The number of fused-ring (bicyclic) bond motifs is 2. The number of hydrogen-bond donors (Lipinski definition) is 2. The second kappa shape index (κ2) is 25.1. The highest BCUT2D eigenvalue weighted by Crippen LogP contribution is 2.62. The fraction of sp³-hybridized carbons (Fsp3) is 0.660. The molecule has 3 aliphatic rings. The van der Waals surface area contributed by atoms with Gasteiger partial charge in [-0.3, -0.25) is 4.79 Å². The van der Waals surface area contributed by atoms with Gasteiger partial charge < -0.3 is 34.2 Å². The van der Waals surface area contributed by atoms with Crippen molar-refractivity contribution in [3.8, 4) is 11.5 Å². The Hall–Kier alpha value is -3.73. The van der Waals surface area contributed by atoms with Gasteiger partial charge in [-0.05, 0) is 101 Å². The third kappa shape index (κ3) is 13.4. The quantitative estimate of drug-likeness (QED) is 0.0498. The average Bonchev–Trinajstić information content (AvgIpc) is 3.27. The van der Waals surface area contributed by atoms with E-state index in [4.69, 9.17) is 24.2 Å². The van der Waals surface area contributed by atoms with E-state index in [1.54, 1.807) is 24.3 Å². The molecule has 6 unspecified atom stereocenters. The fourth-order valence-electron chi connectivity index (χ4n) is 10.1. The largest absolute Gasteiger partial charge is 0.489 e. The first-order valence-corrected chi connectivity index (χ1v) is 24.4. The minimum atomic E-state index is -1.30. The number of carbonyl (C=O) groups excluding carboxylic acids is 1. The number of allylic oxidation sites excluding steroid dienone is 1. The van der Waals surface area contributed by atoms with E-state index < -0.39 is 23.3 Å². The maximum Gasteiger partial charge on any atom is 0.239 e. The molecule has 9 nitrogen and oxygen atoms in total. The van der Waals surface area contributed by atoms with Crippen molar-refractivity contribution in [2.75, 3.05) is 26.4 Å². The molecule has 1 aliphatic heterocycles. The minimum absolute atomic E-state index is 0.0672. The number of oxime groups is 1. The standard InChI is InChI=1S/C53H79FN2O7/c1-7-10-11-12-13-14-15-16-17-28-49(59)56(31-8-2)48-37-46(55-63-52(4,5)6)43-35-39(24-20-22-32-57)42(26-21-23-33-58)50-44-36-41(60-38-40-25-18-19-27-45(40)54)29-30-47(44)62-53(48,51(43)50)61-34-9-3/h9,18-19,25,27,29-30,35-36,39,42,48,50-51,57-58H,3,7-8,10-17,20-24,26,28,31-34,37-38H2,1-2,4-6H3. The van der Waals surface area contributed by atoms with Gasteiger partial charge >= 0.3 is 0 Å². The zero-order valence-electron chi connectivity index (χ0n) is 39.3. The lowest BCUT2D eigenvalue weighted by molar-refractivity contribution is -0.257. The summed E-state index contributed by atoms with van der Waals surface area (Å²) in [5, 5.41) is 24.9. The molecule has 6 atom stereocenters. The van der Waals surface area contributed by atoms with E-state index in [1.165, 1.54) is 44.6 Å². The maximum absolute atomic E-state index is 14.8. The van der Waals surface area contributed by atoms with Crippen LogP contribution < -0.4 is 9.47 Å². The van der Waals surface area contributed by atoms with Crippen molar-refractivity contribution in [1.29, 1.82) is 0 Å². The number of aliphatic hydroxyl groups is 2. The third-order valence-corrected chi connectivity index (χ3v) is 13.1. The molecule has 0 spiro atoms. The van der Waals surface area contributed by atoms with E-state index in [1.807, 2.05) is 37.8 Å². The molecule has 10 heteroatoms. The normalized spacial score (nSPS) is 23.3. The summed E-state index contributed by atoms with van der Waals surface area (Å²) in [5.74, 6) is -0.648. The molecule has 2 aliphatic carbocycles. The molecule has 1 saturated carbocycles. The van der Waals surface area contributed by atoms with E-state index in [2.05, 4.69) is 32.6 Å². The maximum atomic E-state index is 14.8. The van der Waals surface area contributed by atoms with Gasteiger partial charge in [0.2, 0.25) is 11.7 Å². The smallest absolute Gasteiger partial charge is 0.239 e. The Morgan fingerprint density at radius 3 is 2.30 bits per heavy atom. The van der Waals surface area contributed by atoms with E-state index in [0.717, 1.165) is 68.2 Å². The van der Waals surface area contributed by atoms with Gasteiger partial charge in [-0.1, -0.05) is 114 Å². The molecule has 0 saturated heterocycles. The highest BCUT2D eigenvalue weighted by molar-refractivity contribution is 6.03. The van der Waals surface area contributed by atoms with Crippen molar-refractivity contribution < 1.29 is 38.4 Å². The number of ether oxygens (including phenoxy) is 3. The molecule has 1 amide bonds. The molecule has 0 radical (unpaired) electrons. The predicted molar refractivity (Wildman–Crippen MR) is 250 cm³/mol. The third-order valence-electron chi connectivity index (χ3n) is 13.1. The summed E-state index contributed by atoms with van der Waals surface area (Å²) in [6, 6.07) is 12.0. The predicted octanol–water partition coefficient (Wildman–Crippen LogP) is 12.0. The zero-order valence-corrected chi connectivity index (χ0v) is 39.3. The van der Waals surface area contributed by atoms with Crippen LogP contribution in [0.2, 0.25) is 0 Å². The number of amides is 1. The van der Waals surface area contributed by atoms with Crippen LogP contribution >= 0.6 is 0 Å². The Kier molecular flexibility index (Phi) is 20.0. The van der Waals surface area contributed by atoms with Crippen LogP contribution in [0.3, 0.4) is 0 Å². The van der Waals surface area contributed by atoms with Crippen molar-refractivity contribution in [2.45, 2.75) is 180 Å². The molecule has 2 N–H and O–H groups in total. The summed E-state index contributed by atoms with van der Waals surface area (Å²) < 4.78 is 35.6. The van der Waals surface area contributed by atoms with Gasteiger partial charge in [0, 0.05) is 49.6 Å². The molecule has 2 aromatic rings. The van der Waals surface area contributed by atoms with Crippen LogP contribution in [0, 0.1) is 23.6 Å². The van der Waals surface area contributed by atoms with Crippen LogP contribution in [0.4, 0.5) is 4.39 Å². The number of rotatable bonds is 28. The van der Waals surface area contributed by atoms with Crippen molar-refractivity contribution in [1.82, 2.24) is 4.90 Å². The number of unbranched alkanes of at least 4 members (excludes halogenated alkanes) is 10. The Balaban J connectivity index is 1.64. The Morgan fingerprint density at radius 1 is 0.937 bits per heavy atom. The number of carbonyl (C=O) groups is 1. The van der Waals surface area contributed by atoms with Crippen LogP contribution in [0.25, 0.3) is 0 Å². The molecule has 1 fully saturated rings. The first-order chi connectivity index (χ1) is 30.5. The monoisotopic (exact) mass is 875 g/mol. The molecular weight excluding hydrogens is 796 g/mol. The molecule has 350 valence electrons. The summed E-state index contributed by atoms with van der Waals surface area (Å²) in [6.45, 7) is 15.4. The Bertz CT molecular complexity index is 1790. The van der Waals surface area contributed by atoms with Gasteiger partial charge in [-0.2, -0.15) is 0 Å². The van der Waals surface area contributed by atoms with E-state index in [0.29, 0.717) is 49.3 Å². The zero-order chi connectivity index (χ0) is 45.2. The summed E-state index contributed by atoms with van der Waals surface area (Å²) in [7, 11) is 0. The highest BCUT2D eigenvalue weighted by Gasteiger charge is 2.65. The van der Waals surface area contributed by atoms with Crippen LogP contribution in [-0.4, -0.2) is 70.5 Å². The first kappa shape index (κ1) is 50.3. The van der Waals surface area contributed by atoms with Crippen molar-refractivity contribution in [3.63, 3.8) is 0 Å². The lowest BCUT2D eigenvalue weighted by atomic mass is 9.55. The fourth-order valence-corrected chi connectivity index (χ4v) is 10.1. The van der Waals surface area contributed by atoms with Crippen LogP contribution in [0.15, 0.2) is 71.9 Å². The van der Waals surface area contributed by atoms with Gasteiger partial charge in [-0.15, -0.1) is 6.58 Å². The SMILES string of the molecule is C=CCOC12Oc3ccc(OCc4ccccc4F)cc3C3C(CCCCO)C(CCCCO)C=C(C(=NOC(C)(C)C)CC1N(CCC)C(=O)CCCCCCCCCCC)C32. The lowest BCUT2D eigenvalue weighted by Crippen LogP contribution is -2.70. The van der Waals surface area contributed by atoms with Crippen LogP contribution in [0.1, 0.15) is 167 Å². The first-order valence-electron chi connectivity index (χ1n) is 24.4. The van der Waals surface area contributed by atoms with E-state index >= 15 is 0 Å². The van der Waals surface area contributed by atoms with Gasteiger partial charge in [0.25, 0.3) is 0 Å². The topological polar surface area (TPSA) is 110 Å². The number of aliphatic hydroxyl groups excluding tert-OH is 2. The van der Waals surface area contributed by atoms with Crippen molar-refractivity contribution >= 4 is 11.6 Å². The Morgan fingerprint density at radius 2 is 1.63 bits per heavy atom. The van der Waals surface area contributed by atoms with E-state index in [9.17, 15) is 19.4 Å².